The molecule has 2 N–H and O–H groups in total. The van der Waals surface area contributed by atoms with Crippen LogP contribution in [0.15, 0.2) is 0 Å². The third-order valence-corrected chi connectivity index (χ3v) is 8.78. The van der Waals surface area contributed by atoms with E-state index in [-0.39, 0.29) is 23.5 Å². The van der Waals surface area contributed by atoms with Crippen LogP contribution in [-0.4, -0.2) is 28.7 Å². The van der Waals surface area contributed by atoms with Crippen LogP contribution in [0.5, 0.6) is 0 Å². The van der Waals surface area contributed by atoms with E-state index < -0.39 is 0 Å². The maximum atomic E-state index is 12.2. The molecule has 22 heavy (non-hydrogen) atoms. The average molecular weight is 306 g/mol. The summed E-state index contributed by atoms with van der Waals surface area (Å²) in [5.74, 6) is 1.89. The van der Waals surface area contributed by atoms with Crippen molar-refractivity contribution < 1.29 is 15.0 Å². The highest BCUT2D eigenvalue weighted by Gasteiger charge is 2.68. The summed E-state index contributed by atoms with van der Waals surface area (Å²) in [6, 6.07) is 0. The molecule has 4 fully saturated rings. The van der Waals surface area contributed by atoms with Gasteiger partial charge >= 0.3 is 0 Å². The first-order valence-corrected chi connectivity index (χ1v) is 9.19. The Morgan fingerprint density at radius 3 is 2.68 bits per heavy atom. The third kappa shape index (κ3) is 1.57. The summed E-state index contributed by atoms with van der Waals surface area (Å²) in [7, 11) is 0. The Morgan fingerprint density at radius 2 is 1.95 bits per heavy atom. The molecule has 0 aromatic heterocycles. The second-order valence-electron chi connectivity index (χ2n) is 9.22. The topological polar surface area (TPSA) is 57.5 Å². The molecule has 0 amide bonds. The molecule has 0 aromatic carbocycles. The maximum absolute atomic E-state index is 12.2. The molecule has 4 saturated carbocycles. The number of aliphatic hydroxyl groups is 2. The normalized spacial score (nSPS) is 57.4. The van der Waals surface area contributed by atoms with E-state index >= 15 is 0 Å². The lowest BCUT2D eigenvalue weighted by Crippen LogP contribution is -2.62. The largest absolute Gasteiger partial charge is 0.396 e. The van der Waals surface area contributed by atoms with Crippen LogP contribution in [-0.2, 0) is 4.79 Å². The van der Waals surface area contributed by atoms with Crippen LogP contribution in [0, 0.1) is 34.0 Å². The van der Waals surface area contributed by atoms with Crippen LogP contribution >= 0.6 is 0 Å². The van der Waals surface area contributed by atoms with Crippen molar-refractivity contribution in [1.29, 1.82) is 0 Å². The number of Topliss-reactive ketones (excluding diaryl/α,β-unsaturated/α-hetero) is 1. The van der Waals surface area contributed by atoms with Crippen molar-refractivity contribution in [3.05, 3.63) is 0 Å². The van der Waals surface area contributed by atoms with Crippen molar-refractivity contribution in [2.75, 3.05) is 6.61 Å². The summed E-state index contributed by atoms with van der Waals surface area (Å²) in [5, 5.41) is 20.6. The molecule has 0 radical (unpaired) electrons. The number of carbonyl (C=O) groups excluding carboxylic acids is 1. The highest BCUT2D eigenvalue weighted by atomic mass is 16.3. The lowest BCUT2D eigenvalue weighted by molar-refractivity contribution is -0.207. The second-order valence-corrected chi connectivity index (χ2v) is 9.22. The van der Waals surface area contributed by atoms with Gasteiger partial charge in [0.1, 0.15) is 5.78 Å². The molecule has 2 bridgehead atoms. The highest BCUT2D eigenvalue weighted by molar-refractivity contribution is 5.82. The van der Waals surface area contributed by atoms with Gasteiger partial charge < -0.3 is 10.2 Å². The van der Waals surface area contributed by atoms with Gasteiger partial charge in [0.15, 0.2) is 0 Å². The minimum atomic E-state index is -0.383. The van der Waals surface area contributed by atoms with E-state index in [4.69, 9.17) is 0 Å². The number of fused-ring (bicyclic) bond motifs is 2. The predicted molar refractivity (Wildman–Crippen MR) is 84.2 cm³/mol. The van der Waals surface area contributed by atoms with E-state index in [2.05, 4.69) is 13.8 Å². The number of rotatable bonds is 1. The van der Waals surface area contributed by atoms with Crippen molar-refractivity contribution in [2.24, 2.45) is 34.0 Å². The molecule has 124 valence electrons. The van der Waals surface area contributed by atoms with E-state index in [0.717, 1.165) is 44.9 Å². The van der Waals surface area contributed by atoms with Gasteiger partial charge in [-0.2, -0.15) is 0 Å². The van der Waals surface area contributed by atoms with Crippen molar-refractivity contribution in [1.82, 2.24) is 0 Å². The van der Waals surface area contributed by atoms with Crippen molar-refractivity contribution in [2.45, 2.75) is 71.3 Å². The summed E-state index contributed by atoms with van der Waals surface area (Å²) in [4.78, 5) is 12.2. The average Bonchev–Trinajstić information content (AvgIpc) is 2.84. The summed E-state index contributed by atoms with van der Waals surface area (Å²) in [6.45, 7) is 4.61. The number of hydrogen-bond donors (Lipinski definition) is 2. The third-order valence-electron chi connectivity index (χ3n) is 8.78. The summed E-state index contributed by atoms with van der Waals surface area (Å²) < 4.78 is 0. The van der Waals surface area contributed by atoms with Gasteiger partial charge in [-0.1, -0.05) is 13.8 Å². The van der Waals surface area contributed by atoms with E-state index in [1.54, 1.807) is 0 Å². The minimum absolute atomic E-state index is 0.0809. The van der Waals surface area contributed by atoms with Crippen molar-refractivity contribution in [3.63, 3.8) is 0 Å². The molecule has 4 rings (SSSR count). The SMILES string of the molecule is C[C@@]1(CO)[C@H](O)CC[C@@]2(C)[C@H]1CC[C@H]1CC3C[C@@]12CCC3=O. The van der Waals surface area contributed by atoms with Gasteiger partial charge in [-0.3, -0.25) is 4.79 Å². The Balaban J connectivity index is 1.78. The monoisotopic (exact) mass is 306 g/mol. The second kappa shape index (κ2) is 4.57. The molecule has 0 aromatic rings. The molecule has 0 saturated heterocycles. The smallest absolute Gasteiger partial charge is 0.136 e. The quantitative estimate of drug-likeness (QED) is 0.783. The summed E-state index contributed by atoms with van der Waals surface area (Å²) in [5.41, 5.74) is 0.111. The van der Waals surface area contributed by atoms with Gasteiger partial charge in [0.25, 0.3) is 0 Å². The van der Waals surface area contributed by atoms with Crippen LogP contribution in [0.2, 0.25) is 0 Å². The standard InChI is InChI=1S/C19H30O3/c1-17(11-20)15-4-3-13-9-12-10-19(13,8-5-14(12)21)18(15,2)7-6-16(17)22/h12-13,15-16,20,22H,3-11H2,1-2H3/t12?,13-,15-,16+,17-,18-,19-/m0/s1. The molecule has 3 nitrogen and oxygen atoms in total. The van der Waals surface area contributed by atoms with Gasteiger partial charge in [-0.05, 0) is 67.6 Å². The lowest BCUT2D eigenvalue weighted by Gasteiger charge is -2.66. The molecule has 1 spiro atoms. The van der Waals surface area contributed by atoms with Crippen molar-refractivity contribution in [3.8, 4) is 0 Å². The fraction of sp³-hybridized carbons (Fsp3) is 0.947. The van der Waals surface area contributed by atoms with Gasteiger partial charge in [0.05, 0.1) is 12.7 Å². The molecule has 0 heterocycles. The molecule has 1 unspecified atom stereocenters. The van der Waals surface area contributed by atoms with Crippen molar-refractivity contribution >= 4 is 5.78 Å². The minimum Gasteiger partial charge on any atom is -0.396 e. The first kappa shape index (κ1) is 15.1. The van der Waals surface area contributed by atoms with E-state index in [9.17, 15) is 15.0 Å². The Bertz CT molecular complexity index is 503. The zero-order valence-electron chi connectivity index (χ0n) is 14.0. The molecule has 4 aliphatic rings. The van der Waals surface area contributed by atoms with Gasteiger partial charge in [0.2, 0.25) is 0 Å². The molecular weight excluding hydrogens is 276 g/mol. The fourth-order valence-corrected chi connectivity index (χ4v) is 7.47. The zero-order valence-corrected chi connectivity index (χ0v) is 14.0. The summed E-state index contributed by atoms with van der Waals surface area (Å²) in [6.07, 6.45) is 7.79. The highest BCUT2D eigenvalue weighted by Crippen LogP contribution is 2.73. The fourth-order valence-electron chi connectivity index (χ4n) is 7.47. The first-order chi connectivity index (χ1) is 10.4. The van der Waals surface area contributed by atoms with E-state index in [1.807, 2.05) is 0 Å². The van der Waals surface area contributed by atoms with Gasteiger partial charge in [-0.25, -0.2) is 0 Å². The molecule has 4 aliphatic carbocycles. The van der Waals surface area contributed by atoms with Gasteiger partial charge in [0, 0.05) is 17.8 Å². The molecule has 7 atom stereocenters. The number of hydrogen-bond acceptors (Lipinski definition) is 3. The Labute approximate surface area is 133 Å². The lowest BCUT2D eigenvalue weighted by atomic mass is 9.39. The van der Waals surface area contributed by atoms with E-state index in [1.165, 1.54) is 6.42 Å². The Hall–Kier alpha value is -0.410. The van der Waals surface area contributed by atoms with Crippen LogP contribution < -0.4 is 0 Å². The first-order valence-electron chi connectivity index (χ1n) is 9.19. The zero-order chi connectivity index (χ0) is 15.8. The molecule has 3 heteroatoms. The molecular formula is C19H30O3. The van der Waals surface area contributed by atoms with Gasteiger partial charge in [-0.15, -0.1) is 0 Å². The number of aliphatic hydroxyl groups excluding tert-OH is 2. The van der Waals surface area contributed by atoms with Crippen LogP contribution in [0.25, 0.3) is 0 Å². The van der Waals surface area contributed by atoms with Crippen LogP contribution in [0.1, 0.15) is 65.2 Å². The predicted octanol–water partition coefficient (Wildman–Crippen LogP) is 2.93. The Morgan fingerprint density at radius 1 is 1.18 bits per heavy atom. The molecule has 0 aliphatic heterocycles. The van der Waals surface area contributed by atoms with Crippen LogP contribution in [0.4, 0.5) is 0 Å². The summed E-state index contributed by atoms with van der Waals surface area (Å²) >= 11 is 0. The van der Waals surface area contributed by atoms with E-state index in [0.29, 0.717) is 29.0 Å². The maximum Gasteiger partial charge on any atom is 0.136 e. The van der Waals surface area contributed by atoms with Crippen LogP contribution in [0.3, 0.4) is 0 Å². The number of ketones is 1. The number of carbonyl (C=O) groups is 1. The Kier molecular flexibility index (Phi) is 3.14.